The van der Waals surface area contributed by atoms with Crippen molar-refractivity contribution < 1.29 is 15.0 Å². The van der Waals surface area contributed by atoms with Crippen molar-refractivity contribution in [2.24, 2.45) is 0 Å². The summed E-state index contributed by atoms with van der Waals surface area (Å²) in [5, 5.41) is 25.9. The average Bonchev–Trinajstić information content (AvgIpc) is 3.25. The molecule has 2 heterocycles. The molecule has 3 rings (SSSR count). The van der Waals surface area contributed by atoms with Gasteiger partial charge in [0.25, 0.3) is 0 Å². The third-order valence-electron chi connectivity index (χ3n) is 5.28. The molecule has 1 aromatic heterocycles. The molecule has 30 heavy (non-hydrogen) atoms. The van der Waals surface area contributed by atoms with E-state index in [0.717, 1.165) is 16.8 Å². The van der Waals surface area contributed by atoms with Crippen molar-refractivity contribution >= 4 is 5.97 Å². The Kier molecular flexibility index (Phi) is 10.9. The number of aliphatic hydroxyl groups excluding tert-OH is 1. The third kappa shape index (κ3) is 7.33. The van der Waals surface area contributed by atoms with E-state index in [1.54, 1.807) is 11.5 Å². The van der Waals surface area contributed by atoms with Crippen LogP contribution in [0.3, 0.4) is 0 Å². The molecule has 0 bridgehead atoms. The zero-order chi connectivity index (χ0) is 22.7. The van der Waals surface area contributed by atoms with Crippen molar-refractivity contribution in [1.82, 2.24) is 9.47 Å². The van der Waals surface area contributed by atoms with Gasteiger partial charge in [0, 0.05) is 12.3 Å². The quantitative estimate of drug-likeness (QED) is 0.798. The van der Waals surface area contributed by atoms with Crippen LogP contribution in [0.25, 0.3) is 0 Å². The summed E-state index contributed by atoms with van der Waals surface area (Å²) in [5.74, 6) is -0.938. The van der Waals surface area contributed by atoms with E-state index in [4.69, 9.17) is 10.2 Å². The van der Waals surface area contributed by atoms with Gasteiger partial charge in [0.1, 0.15) is 18.3 Å². The normalized spacial score (nSPS) is 13.0. The number of benzene rings is 1. The Morgan fingerprint density at radius 1 is 1.17 bits per heavy atom. The van der Waals surface area contributed by atoms with Gasteiger partial charge in [0.15, 0.2) is 0 Å². The molecule has 2 aromatic rings. The van der Waals surface area contributed by atoms with Crippen LogP contribution < -0.4 is 0 Å². The number of likely N-dealkylation sites (tertiary alicyclic amines) is 1. The molecule has 6 heteroatoms. The fraction of sp³-hybridized carbons (Fsp3) is 0.500. The van der Waals surface area contributed by atoms with Crippen molar-refractivity contribution in [1.29, 1.82) is 5.26 Å². The highest BCUT2D eigenvalue weighted by Crippen LogP contribution is 2.25. The van der Waals surface area contributed by atoms with Crippen molar-refractivity contribution in [2.75, 3.05) is 26.7 Å². The highest BCUT2D eigenvalue weighted by molar-refractivity contribution is 5.67. The molecule has 0 spiro atoms. The Morgan fingerprint density at radius 3 is 2.17 bits per heavy atom. The number of rotatable bonds is 4. The number of nitriles is 1. The van der Waals surface area contributed by atoms with E-state index in [1.165, 1.54) is 37.1 Å². The molecular formula is C24H35N3O3. The first-order valence-corrected chi connectivity index (χ1v) is 10.4. The smallest absolute Gasteiger partial charge is 0.323 e. The number of hydrogen-bond acceptors (Lipinski definition) is 4. The molecule has 1 aliphatic heterocycles. The second kappa shape index (κ2) is 12.8. The molecule has 0 saturated carbocycles. The van der Waals surface area contributed by atoms with Gasteiger partial charge in [-0.1, -0.05) is 24.3 Å². The minimum Gasteiger partial charge on any atom is -0.480 e. The summed E-state index contributed by atoms with van der Waals surface area (Å²) in [6.07, 6.45) is 3.54. The number of aliphatic carboxylic acids is 1. The van der Waals surface area contributed by atoms with E-state index in [1.807, 2.05) is 26.0 Å². The number of carboxylic acids is 1. The second-order valence-corrected chi connectivity index (χ2v) is 7.56. The molecule has 0 atom stereocenters. The summed E-state index contributed by atoms with van der Waals surface area (Å²) < 4.78 is 1.59. The Balaban J connectivity index is 0.000000415. The zero-order valence-electron chi connectivity index (χ0n) is 18.9. The number of aromatic nitrogens is 1. The van der Waals surface area contributed by atoms with Gasteiger partial charge in [-0.3, -0.25) is 4.79 Å². The average molecular weight is 414 g/mol. The zero-order valence-corrected chi connectivity index (χ0v) is 18.9. The highest BCUT2D eigenvalue weighted by atomic mass is 16.4. The lowest BCUT2D eigenvalue weighted by Gasteiger charge is -2.08. The summed E-state index contributed by atoms with van der Waals surface area (Å²) in [7, 11) is 2.17. The number of carboxylic acid groups (broad SMARTS) is 1. The maximum absolute atomic E-state index is 11.0. The number of hydrogen-bond donors (Lipinski definition) is 2. The van der Waals surface area contributed by atoms with Crippen LogP contribution in [0.1, 0.15) is 53.4 Å². The first kappa shape index (κ1) is 25.4. The van der Waals surface area contributed by atoms with Crippen molar-refractivity contribution in [3.8, 4) is 6.07 Å². The number of carbonyl (C=O) groups is 1. The van der Waals surface area contributed by atoms with E-state index >= 15 is 0 Å². The van der Waals surface area contributed by atoms with Crippen molar-refractivity contribution in [2.45, 2.75) is 53.5 Å². The van der Waals surface area contributed by atoms with Gasteiger partial charge < -0.3 is 19.7 Å². The molecule has 0 aliphatic carbocycles. The van der Waals surface area contributed by atoms with Crippen molar-refractivity contribution in [3.05, 3.63) is 57.9 Å². The standard InChI is InChI=1S/C17H18N2O2.C5H11N.C2H6O/c1-11-6-4-5-7-14(11)8-15-12(2)16(9-18)19(13(15)3)10-17(20)21;1-6-4-2-3-5-6;1-2-3/h4-7H,8,10H2,1-3H3,(H,20,21);2-5H2,1H3;3H,2H2,1H3. The van der Waals surface area contributed by atoms with Crippen LogP contribution in [0.5, 0.6) is 0 Å². The van der Waals surface area contributed by atoms with E-state index < -0.39 is 5.97 Å². The van der Waals surface area contributed by atoms with Crippen LogP contribution in [0.15, 0.2) is 24.3 Å². The summed E-state index contributed by atoms with van der Waals surface area (Å²) in [6.45, 7) is 10.2. The first-order valence-electron chi connectivity index (χ1n) is 10.4. The highest BCUT2D eigenvalue weighted by Gasteiger charge is 2.19. The Labute approximate surface area is 180 Å². The summed E-state index contributed by atoms with van der Waals surface area (Å²) in [6, 6.07) is 10.2. The molecular weight excluding hydrogens is 378 g/mol. The Bertz CT molecular complexity index is 859. The fourth-order valence-corrected chi connectivity index (χ4v) is 3.56. The van der Waals surface area contributed by atoms with Crippen molar-refractivity contribution in [3.63, 3.8) is 0 Å². The first-order chi connectivity index (χ1) is 14.3. The molecule has 0 radical (unpaired) electrons. The molecule has 6 nitrogen and oxygen atoms in total. The summed E-state index contributed by atoms with van der Waals surface area (Å²) in [5.41, 5.74) is 5.61. The lowest BCUT2D eigenvalue weighted by molar-refractivity contribution is -0.137. The minimum absolute atomic E-state index is 0.177. The van der Waals surface area contributed by atoms with Gasteiger partial charge in [0.2, 0.25) is 0 Å². The van der Waals surface area contributed by atoms with Crippen LogP contribution in [0, 0.1) is 32.1 Å². The SMILES string of the molecule is CCO.CN1CCCC1.Cc1ccccc1Cc1c(C)c(C#N)n(CC(=O)O)c1C. The lowest BCUT2D eigenvalue weighted by atomic mass is 9.98. The lowest BCUT2D eigenvalue weighted by Crippen LogP contribution is -2.12. The fourth-order valence-electron chi connectivity index (χ4n) is 3.56. The summed E-state index contributed by atoms with van der Waals surface area (Å²) >= 11 is 0. The second-order valence-electron chi connectivity index (χ2n) is 7.56. The number of nitrogens with zero attached hydrogens (tertiary/aromatic N) is 3. The molecule has 0 amide bonds. The molecule has 1 aromatic carbocycles. The largest absolute Gasteiger partial charge is 0.480 e. The maximum atomic E-state index is 11.0. The molecule has 0 unspecified atom stereocenters. The predicted molar refractivity (Wildman–Crippen MR) is 120 cm³/mol. The van der Waals surface area contributed by atoms with Crippen LogP contribution in [-0.2, 0) is 17.8 Å². The van der Waals surface area contributed by atoms with Gasteiger partial charge in [0.05, 0.1) is 0 Å². The molecule has 1 saturated heterocycles. The van der Waals surface area contributed by atoms with Gasteiger partial charge in [-0.15, -0.1) is 0 Å². The Hall–Kier alpha value is -2.62. The number of aryl methyl sites for hydroxylation is 1. The molecule has 164 valence electrons. The minimum atomic E-state index is -0.938. The maximum Gasteiger partial charge on any atom is 0.323 e. The van der Waals surface area contributed by atoms with Crippen LogP contribution in [-0.4, -0.2) is 52.4 Å². The topological polar surface area (TPSA) is 89.5 Å². The van der Waals surface area contributed by atoms with E-state index in [-0.39, 0.29) is 13.2 Å². The molecule has 2 N–H and O–H groups in total. The van der Waals surface area contributed by atoms with E-state index in [0.29, 0.717) is 12.1 Å². The van der Waals surface area contributed by atoms with Crippen LogP contribution in [0.2, 0.25) is 0 Å². The predicted octanol–water partition coefficient (Wildman–Crippen LogP) is 3.67. The van der Waals surface area contributed by atoms with E-state index in [9.17, 15) is 10.1 Å². The van der Waals surface area contributed by atoms with Gasteiger partial charge in [-0.25, -0.2) is 0 Å². The molecule has 1 fully saturated rings. The third-order valence-corrected chi connectivity index (χ3v) is 5.28. The van der Waals surface area contributed by atoms with Crippen LogP contribution in [0.4, 0.5) is 0 Å². The monoisotopic (exact) mass is 413 g/mol. The van der Waals surface area contributed by atoms with Gasteiger partial charge >= 0.3 is 5.97 Å². The van der Waals surface area contributed by atoms with E-state index in [2.05, 4.69) is 37.1 Å². The van der Waals surface area contributed by atoms with Gasteiger partial charge in [-0.05, 0) is 89.3 Å². The Morgan fingerprint density at radius 2 is 1.73 bits per heavy atom. The molecule has 1 aliphatic rings. The van der Waals surface area contributed by atoms with Gasteiger partial charge in [-0.2, -0.15) is 5.26 Å². The number of aliphatic hydroxyl groups is 1. The summed E-state index contributed by atoms with van der Waals surface area (Å²) in [4.78, 5) is 13.4. The van der Waals surface area contributed by atoms with Crippen LogP contribution >= 0.6 is 0 Å².